The Hall–Kier alpha value is -1.12. The molecule has 116 valence electrons. The Morgan fingerprint density at radius 1 is 0.667 bits per heavy atom. The van der Waals surface area contributed by atoms with Crippen molar-refractivity contribution in [2.75, 3.05) is 0 Å². The summed E-state index contributed by atoms with van der Waals surface area (Å²) >= 11 is 0. The Bertz CT molecular complexity index is 535. The lowest BCUT2D eigenvalue weighted by molar-refractivity contribution is 0.953. The van der Waals surface area contributed by atoms with Gasteiger partial charge in [0.15, 0.2) is 0 Å². The number of rotatable bonds is 5. The molecule has 3 N–H and O–H groups in total. The first-order chi connectivity index (χ1) is 9.30. The van der Waals surface area contributed by atoms with Crippen molar-refractivity contribution in [3.63, 3.8) is 0 Å². The second-order valence-electron chi connectivity index (χ2n) is 5.06. The molecule has 0 saturated carbocycles. The largest absolute Gasteiger partial charge is 0.344 e. The van der Waals surface area contributed by atoms with Crippen molar-refractivity contribution in [1.29, 1.82) is 0 Å². The molecule has 2 heteroatoms. The van der Waals surface area contributed by atoms with Crippen molar-refractivity contribution < 1.29 is 0 Å². The average Bonchev–Trinajstić information content (AvgIpc) is 2.47. The Kier molecular flexibility index (Phi) is 9.23. The first-order valence-electron chi connectivity index (χ1n) is 7.46. The van der Waals surface area contributed by atoms with Gasteiger partial charge >= 0.3 is 0 Å². The molecule has 0 unspecified atom stereocenters. The van der Waals surface area contributed by atoms with Crippen LogP contribution in [0.15, 0.2) is 42.5 Å². The van der Waals surface area contributed by atoms with Crippen LogP contribution in [0.4, 0.5) is 0 Å². The Morgan fingerprint density at radius 3 is 1.71 bits per heavy atom. The lowest BCUT2D eigenvalue weighted by Crippen LogP contribution is -2.03. The summed E-state index contributed by atoms with van der Waals surface area (Å²) in [4.78, 5) is 0. The van der Waals surface area contributed by atoms with Crippen molar-refractivity contribution in [2.45, 2.75) is 46.5 Å². The summed E-state index contributed by atoms with van der Waals surface area (Å²) in [6.07, 6.45) is 4.48. The zero-order valence-corrected chi connectivity index (χ0v) is 15.2. The number of aryl methyl sites for hydroxylation is 1. The van der Waals surface area contributed by atoms with Gasteiger partial charge in [0.05, 0.1) is 0 Å². The number of hydrogen-bond acceptors (Lipinski definition) is 1. The number of halogens is 1. The standard InChI is InChI=1S/C19H24.BrH.H3N/c1-4-16-12-13-17(19(6-3)18(16)5-2)14-15-10-8-7-9-11-15;;/h7-13H,4-6,14H2,1-3H3;1H;1H3. The van der Waals surface area contributed by atoms with Gasteiger partial charge in [0.2, 0.25) is 0 Å². The van der Waals surface area contributed by atoms with Crippen LogP contribution in [-0.2, 0) is 25.7 Å². The highest BCUT2D eigenvalue weighted by Gasteiger charge is 2.10. The zero-order chi connectivity index (χ0) is 13.7. The topological polar surface area (TPSA) is 35.0 Å². The lowest BCUT2D eigenvalue weighted by atomic mass is 9.89. The van der Waals surface area contributed by atoms with Crippen LogP contribution in [0.3, 0.4) is 0 Å². The van der Waals surface area contributed by atoms with Gasteiger partial charge in [-0.05, 0) is 53.5 Å². The fourth-order valence-electron chi connectivity index (χ4n) is 2.98. The van der Waals surface area contributed by atoms with Gasteiger partial charge in [-0.15, -0.1) is 17.0 Å². The van der Waals surface area contributed by atoms with Gasteiger partial charge in [-0.2, -0.15) is 0 Å². The number of hydrogen-bond donors (Lipinski definition) is 1. The van der Waals surface area contributed by atoms with Crippen LogP contribution in [0.25, 0.3) is 0 Å². The third kappa shape index (κ3) is 4.69. The SMILES string of the molecule is Br.CCc1ccc(Cc2ccccc2)c(CC)c1CC.N. The summed E-state index contributed by atoms with van der Waals surface area (Å²) in [5.41, 5.74) is 7.59. The van der Waals surface area contributed by atoms with Gasteiger partial charge in [0, 0.05) is 0 Å². The molecule has 1 nitrogen and oxygen atoms in total. The molecule has 0 saturated heterocycles. The maximum Gasteiger partial charge on any atom is -0.00229 e. The van der Waals surface area contributed by atoms with E-state index in [1.807, 2.05) is 0 Å². The van der Waals surface area contributed by atoms with Gasteiger partial charge in [-0.3, -0.25) is 0 Å². The van der Waals surface area contributed by atoms with Crippen LogP contribution in [0.5, 0.6) is 0 Å². The van der Waals surface area contributed by atoms with Gasteiger partial charge in [0.1, 0.15) is 0 Å². The minimum absolute atomic E-state index is 0. The number of benzene rings is 2. The van der Waals surface area contributed by atoms with E-state index in [2.05, 4.69) is 63.2 Å². The van der Waals surface area contributed by atoms with E-state index in [-0.39, 0.29) is 23.1 Å². The molecular formula is C19H28BrN. The summed E-state index contributed by atoms with van der Waals surface area (Å²) in [6.45, 7) is 6.81. The first kappa shape index (κ1) is 19.9. The van der Waals surface area contributed by atoms with Crippen molar-refractivity contribution in [3.8, 4) is 0 Å². The summed E-state index contributed by atoms with van der Waals surface area (Å²) in [6, 6.07) is 15.4. The molecular weight excluding hydrogens is 322 g/mol. The van der Waals surface area contributed by atoms with Gasteiger partial charge in [-0.25, -0.2) is 0 Å². The van der Waals surface area contributed by atoms with E-state index in [0.29, 0.717) is 0 Å². The van der Waals surface area contributed by atoms with E-state index >= 15 is 0 Å². The summed E-state index contributed by atoms with van der Waals surface area (Å²) in [5, 5.41) is 0. The summed E-state index contributed by atoms with van der Waals surface area (Å²) in [7, 11) is 0. The molecule has 2 aromatic rings. The van der Waals surface area contributed by atoms with Crippen molar-refractivity contribution >= 4 is 17.0 Å². The highest BCUT2D eigenvalue weighted by Crippen LogP contribution is 2.23. The van der Waals surface area contributed by atoms with E-state index in [1.165, 1.54) is 16.7 Å². The van der Waals surface area contributed by atoms with Crippen LogP contribution in [0.2, 0.25) is 0 Å². The van der Waals surface area contributed by atoms with Crippen LogP contribution in [-0.4, -0.2) is 0 Å². The van der Waals surface area contributed by atoms with Gasteiger partial charge < -0.3 is 6.15 Å². The van der Waals surface area contributed by atoms with Crippen LogP contribution < -0.4 is 6.15 Å². The highest BCUT2D eigenvalue weighted by atomic mass is 79.9. The Labute approximate surface area is 140 Å². The predicted octanol–water partition coefficient (Wildman–Crippen LogP) is 5.70. The fraction of sp³-hybridized carbons (Fsp3) is 0.368. The molecule has 0 aliphatic carbocycles. The third-order valence-electron chi connectivity index (χ3n) is 3.95. The predicted molar refractivity (Wildman–Crippen MR) is 99.2 cm³/mol. The van der Waals surface area contributed by atoms with Gasteiger partial charge in [-0.1, -0.05) is 63.2 Å². The molecule has 2 rings (SSSR count). The monoisotopic (exact) mass is 349 g/mol. The molecule has 0 fully saturated rings. The minimum Gasteiger partial charge on any atom is -0.344 e. The lowest BCUT2D eigenvalue weighted by Gasteiger charge is -2.16. The maximum atomic E-state index is 2.34. The molecule has 0 radical (unpaired) electrons. The molecule has 0 aromatic heterocycles. The van der Waals surface area contributed by atoms with Crippen LogP contribution in [0, 0.1) is 0 Å². The Balaban J connectivity index is 0.00000200. The van der Waals surface area contributed by atoms with E-state index in [1.54, 1.807) is 11.1 Å². The maximum absolute atomic E-state index is 2.34. The van der Waals surface area contributed by atoms with Crippen molar-refractivity contribution in [2.24, 2.45) is 0 Å². The molecule has 0 aliphatic heterocycles. The zero-order valence-electron chi connectivity index (χ0n) is 13.5. The fourth-order valence-corrected chi connectivity index (χ4v) is 2.98. The van der Waals surface area contributed by atoms with Crippen LogP contribution >= 0.6 is 17.0 Å². The molecule has 0 aliphatic rings. The first-order valence-corrected chi connectivity index (χ1v) is 7.46. The summed E-state index contributed by atoms with van der Waals surface area (Å²) < 4.78 is 0. The second-order valence-corrected chi connectivity index (χ2v) is 5.06. The Morgan fingerprint density at radius 2 is 1.19 bits per heavy atom. The molecule has 0 atom stereocenters. The minimum atomic E-state index is 0. The average molecular weight is 350 g/mol. The van der Waals surface area contributed by atoms with Crippen molar-refractivity contribution in [3.05, 3.63) is 70.3 Å². The van der Waals surface area contributed by atoms with E-state index in [9.17, 15) is 0 Å². The molecule has 2 aromatic carbocycles. The molecule has 21 heavy (non-hydrogen) atoms. The van der Waals surface area contributed by atoms with Crippen LogP contribution in [0.1, 0.15) is 48.6 Å². The molecule has 0 heterocycles. The molecule has 0 amide bonds. The quantitative estimate of drug-likeness (QED) is 0.737. The van der Waals surface area contributed by atoms with Crippen molar-refractivity contribution in [1.82, 2.24) is 6.15 Å². The second kappa shape index (κ2) is 9.75. The van der Waals surface area contributed by atoms with E-state index < -0.39 is 0 Å². The highest BCUT2D eigenvalue weighted by molar-refractivity contribution is 8.93. The smallest absolute Gasteiger partial charge is 0.00229 e. The van der Waals surface area contributed by atoms with Gasteiger partial charge in [0.25, 0.3) is 0 Å². The van der Waals surface area contributed by atoms with E-state index in [0.717, 1.165) is 25.7 Å². The normalized spacial score (nSPS) is 9.67. The van der Waals surface area contributed by atoms with E-state index in [4.69, 9.17) is 0 Å². The molecule has 0 spiro atoms. The molecule has 0 bridgehead atoms. The summed E-state index contributed by atoms with van der Waals surface area (Å²) in [5.74, 6) is 0. The third-order valence-corrected chi connectivity index (χ3v) is 3.95.